The Kier molecular flexibility index (Phi) is 5.51. The van der Waals surface area contributed by atoms with Crippen LogP contribution in [0.5, 0.6) is 0 Å². The smallest absolute Gasteiger partial charge is 0.274 e. The van der Waals surface area contributed by atoms with Gasteiger partial charge in [-0.1, -0.05) is 0 Å². The molecule has 0 bridgehead atoms. The van der Waals surface area contributed by atoms with Crippen molar-refractivity contribution in [3.05, 3.63) is 71.5 Å². The summed E-state index contributed by atoms with van der Waals surface area (Å²) in [7, 11) is 3.95. The largest absolute Gasteiger partial charge is 0.378 e. The van der Waals surface area contributed by atoms with E-state index < -0.39 is 0 Å². The lowest BCUT2D eigenvalue weighted by Gasteiger charge is -2.13. The molecule has 7 heteroatoms. The number of nitriles is 1. The average molecular weight is 372 g/mol. The van der Waals surface area contributed by atoms with Crippen LogP contribution in [0, 0.1) is 18.3 Å². The van der Waals surface area contributed by atoms with Gasteiger partial charge in [-0.15, -0.1) is 0 Å². The molecule has 0 spiro atoms. The number of nitrogens with one attached hydrogen (secondary N) is 2. The van der Waals surface area contributed by atoms with Crippen molar-refractivity contribution in [2.24, 2.45) is 0 Å². The fourth-order valence-electron chi connectivity index (χ4n) is 2.54. The number of hydrogen-bond acceptors (Lipinski definition) is 6. The molecular formula is C21H20N6O. The molecule has 28 heavy (non-hydrogen) atoms. The molecule has 0 fully saturated rings. The first-order chi connectivity index (χ1) is 13.4. The first kappa shape index (κ1) is 18.9. The number of carbonyl (C=O) groups is 1. The van der Waals surface area contributed by atoms with Crippen molar-refractivity contribution in [2.45, 2.75) is 6.92 Å². The molecule has 2 aromatic carbocycles. The second-order valence-electron chi connectivity index (χ2n) is 6.43. The molecule has 1 amide bonds. The van der Waals surface area contributed by atoms with Crippen LogP contribution in [-0.2, 0) is 0 Å². The molecule has 0 unspecified atom stereocenters. The van der Waals surface area contributed by atoms with E-state index in [1.165, 1.54) is 0 Å². The molecule has 0 aliphatic carbocycles. The number of benzene rings is 2. The zero-order valence-electron chi connectivity index (χ0n) is 15.9. The average Bonchev–Trinajstić information content (AvgIpc) is 2.68. The highest BCUT2D eigenvalue weighted by molar-refractivity contribution is 6.03. The maximum Gasteiger partial charge on any atom is 0.274 e. The van der Waals surface area contributed by atoms with Crippen LogP contribution in [0.1, 0.15) is 21.7 Å². The van der Waals surface area contributed by atoms with Gasteiger partial charge in [0.25, 0.3) is 5.91 Å². The van der Waals surface area contributed by atoms with Gasteiger partial charge in [-0.3, -0.25) is 4.79 Å². The zero-order valence-corrected chi connectivity index (χ0v) is 15.9. The van der Waals surface area contributed by atoms with Crippen molar-refractivity contribution < 1.29 is 4.79 Å². The molecule has 0 radical (unpaired) electrons. The minimum atomic E-state index is -0.346. The number of aromatic nitrogens is 2. The number of carbonyl (C=O) groups excluding carboxylic acids is 1. The van der Waals surface area contributed by atoms with Crippen molar-refractivity contribution in [1.82, 2.24) is 9.97 Å². The Morgan fingerprint density at radius 1 is 1.00 bits per heavy atom. The Labute approximate surface area is 163 Å². The third kappa shape index (κ3) is 4.62. The lowest BCUT2D eigenvalue weighted by Crippen LogP contribution is -2.15. The first-order valence-electron chi connectivity index (χ1n) is 8.66. The molecule has 1 heterocycles. The SMILES string of the molecule is Cc1cc(C(=O)Nc2ccc(C#N)cc2)nc(Nc2ccc(N(C)C)cc2)n1. The van der Waals surface area contributed by atoms with E-state index in [0.29, 0.717) is 22.9 Å². The summed E-state index contributed by atoms with van der Waals surface area (Å²) in [5.74, 6) is 0.00351. The van der Waals surface area contributed by atoms with Gasteiger partial charge in [0, 0.05) is 36.9 Å². The Hall–Kier alpha value is -3.92. The molecule has 0 aliphatic heterocycles. The van der Waals surface area contributed by atoms with Crippen molar-refractivity contribution >= 4 is 28.9 Å². The normalized spacial score (nSPS) is 10.1. The molecule has 0 saturated carbocycles. The minimum Gasteiger partial charge on any atom is -0.378 e. The maximum absolute atomic E-state index is 12.5. The summed E-state index contributed by atoms with van der Waals surface area (Å²) >= 11 is 0. The van der Waals surface area contributed by atoms with Gasteiger partial charge in [0.05, 0.1) is 11.6 Å². The molecule has 1 aromatic heterocycles. The monoisotopic (exact) mass is 372 g/mol. The second kappa shape index (κ2) is 8.18. The Morgan fingerprint density at radius 3 is 2.25 bits per heavy atom. The van der Waals surface area contributed by atoms with Gasteiger partial charge in [-0.25, -0.2) is 9.97 Å². The standard InChI is InChI=1S/C21H20N6O/c1-14-12-19(20(28)24-16-6-4-15(13-22)5-7-16)26-21(23-14)25-17-8-10-18(11-9-17)27(2)3/h4-12H,1-3H3,(H,24,28)(H,23,25,26). The van der Waals surface area contributed by atoms with Crippen LogP contribution in [0.15, 0.2) is 54.6 Å². The van der Waals surface area contributed by atoms with Crippen molar-refractivity contribution in [2.75, 3.05) is 29.6 Å². The Bertz CT molecular complexity index is 1020. The van der Waals surface area contributed by atoms with Crippen LogP contribution >= 0.6 is 0 Å². The second-order valence-corrected chi connectivity index (χ2v) is 6.43. The van der Waals surface area contributed by atoms with Crippen LogP contribution < -0.4 is 15.5 Å². The lowest BCUT2D eigenvalue weighted by molar-refractivity contribution is 0.102. The van der Waals surface area contributed by atoms with Crippen LogP contribution in [0.4, 0.5) is 23.0 Å². The number of nitrogens with zero attached hydrogens (tertiary/aromatic N) is 4. The molecule has 0 saturated heterocycles. The summed E-state index contributed by atoms with van der Waals surface area (Å²) in [4.78, 5) is 23.2. The number of hydrogen-bond donors (Lipinski definition) is 2. The third-order valence-corrected chi connectivity index (χ3v) is 4.00. The lowest BCUT2D eigenvalue weighted by atomic mass is 10.2. The predicted octanol–water partition coefficient (Wildman–Crippen LogP) is 3.72. The summed E-state index contributed by atoms with van der Waals surface area (Å²) < 4.78 is 0. The van der Waals surface area contributed by atoms with Gasteiger partial charge in [0.2, 0.25) is 5.95 Å². The van der Waals surface area contributed by atoms with Crippen molar-refractivity contribution in [3.63, 3.8) is 0 Å². The highest BCUT2D eigenvalue weighted by Gasteiger charge is 2.11. The van der Waals surface area contributed by atoms with Gasteiger partial charge in [-0.05, 0) is 61.5 Å². The molecule has 0 atom stereocenters. The highest BCUT2D eigenvalue weighted by atomic mass is 16.1. The molecule has 140 valence electrons. The summed E-state index contributed by atoms with van der Waals surface area (Å²) in [6, 6.07) is 18.1. The zero-order chi connectivity index (χ0) is 20.1. The number of anilines is 4. The Morgan fingerprint density at radius 2 is 1.64 bits per heavy atom. The summed E-state index contributed by atoms with van der Waals surface area (Å²) in [6.45, 7) is 1.81. The minimum absolute atomic E-state index is 0.254. The van der Waals surface area contributed by atoms with E-state index >= 15 is 0 Å². The van der Waals surface area contributed by atoms with Crippen LogP contribution in [0.3, 0.4) is 0 Å². The van der Waals surface area contributed by atoms with Crippen LogP contribution in [0.25, 0.3) is 0 Å². The fourth-order valence-corrected chi connectivity index (χ4v) is 2.54. The van der Waals surface area contributed by atoms with Crippen molar-refractivity contribution in [1.29, 1.82) is 5.26 Å². The van der Waals surface area contributed by atoms with E-state index in [9.17, 15) is 4.79 Å². The van der Waals surface area contributed by atoms with E-state index in [1.54, 1.807) is 37.3 Å². The van der Waals surface area contributed by atoms with Gasteiger partial charge in [0.15, 0.2) is 0 Å². The third-order valence-electron chi connectivity index (χ3n) is 4.00. The maximum atomic E-state index is 12.5. The van der Waals surface area contributed by atoms with Crippen molar-refractivity contribution in [3.8, 4) is 6.07 Å². The number of aryl methyl sites for hydroxylation is 1. The van der Waals surface area contributed by atoms with Crippen LogP contribution in [0.2, 0.25) is 0 Å². The van der Waals surface area contributed by atoms with Gasteiger partial charge in [-0.2, -0.15) is 5.26 Å². The van der Waals surface area contributed by atoms with E-state index in [4.69, 9.17) is 5.26 Å². The topological polar surface area (TPSA) is 93.9 Å². The van der Waals surface area contributed by atoms with E-state index in [0.717, 1.165) is 11.4 Å². The summed E-state index contributed by atoms with van der Waals surface area (Å²) in [6.07, 6.45) is 0. The van der Waals surface area contributed by atoms with Crippen LogP contribution in [-0.4, -0.2) is 30.0 Å². The highest BCUT2D eigenvalue weighted by Crippen LogP contribution is 2.19. The van der Waals surface area contributed by atoms with Gasteiger partial charge < -0.3 is 15.5 Å². The molecule has 3 rings (SSSR count). The quantitative estimate of drug-likeness (QED) is 0.709. The Balaban J connectivity index is 1.76. The fraction of sp³-hybridized carbons (Fsp3) is 0.143. The first-order valence-corrected chi connectivity index (χ1v) is 8.66. The van der Waals surface area contributed by atoms with Gasteiger partial charge >= 0.3 is 0 Å². The van der Waals surface area contributed by atoms with E-state index in [2.05, 4.69) is 20.6 Å². The summed E-state index contributed by atoms with van der Waals surface area (Å²) in [5.41, 5.74) is 3.96. The molecule has 7 nitrogen and oxygen atoms in total. The summed E-state index contributed by atoms with van der Waals surface area (Å²) in [5, 5.41) is 14.8. The van der Waals surface area contributed by atoms with E-state index in [-0.39, 0.29) is 11.6 Å². The molecule has 0 aliphatic rings. The molecule has 3 aromatic rings. The number of amides is 1. The number of rotatable bonds is 5. The predicted molar refractivity (Wildman–Crippen MR) is 110 cm³/mol. The molecular weight excluding hydrogens is 352 g/mol. The molecule has 2 N–H and O–H groups in total. The van der Waals surface area contributed by atoms with E-state index in [1.807, 2.05) is 49.3 Å². The van der Waals surface area contributed by atoms with Gasteiger partial charge in [0.1, 0.15) is 5.69 Å².